The van der Waals surface area contributed by atoms with Crippen LogP contribution in [0.3, 0.4) is 0 Å². The molecular weight excluding hydrogens is 393 g/mol. The molecule has 4 rings (SSSR count). The first-order chi connectivity index (χ1) is 13.6. The highest BCUT2D eigenvalue weighted by molar-refractivity contribution is 6.35. The van der Waals surface area contributed by atoms with Crippen molar-refractivity contribution < 1.29 is 4.74 Å². The summed E-state index contributed by atoms with van der Waals surface area (Å²) >= 11 is 12.4. The van der Waals surface area contributed by atoms with E-state index in [9.17, 15) is 0 Å². The Balaban J connectivity index is 1.52. The number of hydrogen-bond donors (Lipinski definition) is 2. The van der Waals surface area contributed by atoms with Crippen molar-refractivity contribution in [3.05, 3.63) is 75.9 Å². The van der Waals surface area contributed by atoms with Crippen LogP contribution in [0.15, 0.2) is 54.7 Å². The number of rotatable bonds is 6. The van der Waals surface area contributed by atoms with Gasteiger partial charge >= 0.3 is 0 Å². The summed E-state index contributed by atoms with van der Waals surface area (Å²) in [5.41, 5.74) is 15.8. The quantitative estimate of drug-likeness (QED) is 0.576. The first-order valence-electron chi connectivity index (χ1n) is 9.18. The minimum Gasteiger partial charge on any atom is -0.485 e. The minimum absolute atomic E-state index is 0.217. The lowest BCUT2D eigenvalue weighted by molar-refractivity contribution is 0.307. The third kappa shape index (κ3) is 3.95. The van der Waals surface area contributed by atoms with Crippen molar-refractivity contribution in [2.24, 2.45) is 11.7 Å². The lowest BCUT2D eigenvalue weighted by atomic mass is 10.0. The van der Waals surface area contributed by atoms with Crippen LogP contribution >= 0.6 is 23.2 Å². The first-order valence-corrected chi connectivity index (χ1v) is 9.94. The van der Waals surface area contributed by atoms with E-state index in [-0.39, 0.29) is 6.61 Å². The van der Waals surface area contributed by atoms with Gasteiger partial charge in [0.25, 0.3) is 0 Å². The summed E-state index contributed by atoms with van der Waals surface area (Å²) < 4.78 is 5.88. The smallest absolute Gasteiger partial charge is 0.166 e. The summed E-state index contributed by atoms with van der Waals surface area (Å²) in [5, 5.41) is 1.11. The second kappa shape index (κ2) is 8.00. The number of nitrogens with zero attached hydrogens (tertiary/aromatic N) is 1. The predicted octanol–water partition coefficient (Wildman–Crippen LogP) is 5.28. The SMILES string of the molecule is NC[C@H]1CC1c1ccc(-c2cnc(N)c(OCc3c(Cl)cccc3Cl)c2)cc1. The predicted molar refractivity (Wildman–Crippen MR) is 115 cm³/mol. The van der Waals surface area contributed by atoms with E-state index in [1.165, 1.54) is 12.0 Å². The van der Waals surface area contributed by atoms with Crippen LogP contribution in [0, 0.1) is 5.92 Å². The summed E-state index contributed by atoms with van der Waals surface area (Å²) in [7, 11) is 0. The number of ether oxygens (including phenoxy) is 1. The van der Waals surface area contributed by atoms with Crippen LogP contribution in [-0.4, -0.2) is 11.5 Å². The lowest BCUT2D eigenvalue weighted by Crippen LogP contribution is -2.02. The number of aromatic nitrogens is 1. The second-order valence-electron chi connectivity index (χ2n) is 7.06. The zero-order valence-corrected chi connectivity index (χ0v) is 16.8. The van der Waals surface area contributed by atoms with Crippen LogP contribution in [0.5, 0.6) is 5.75 Å². The van der Waals surface area contributed by atoms with Crippen molar-refractivity contribution in [3.8, 4) is 16.9 Å². The molecule has 144 valence electrons. The number of anilines is 1. The van der Waals surface area contributed by atoms with Crippen LogP contribution in [0.2, 0.25) is 10.0 Å². The van der Waals surface area contributed by atoms with Crippen LogP contribution in [0.4, 0.5) is 5.82 Å². The normalized spacial score (nSPS) is 18.1. The molecular formula is C22H21Cl2N3O. The van der Waals surface area contributed by atoms with Crippen molar-refractivity contribution in [3.63, 3.8) is 0 Å². The van der Waals surface area contributed by atoms with Gasteiger partial charge in [-0.2, -0.15) is 0 Å². The molecule has 4 N–H and O–H groups in total. The van der Waals surface area contributed by atoms with Gasteiger partial charge in [0.15, 0.2) is 11.6 Å². The molecule has 0 spiro atoms. The van der Waals surface area contributed by atoms with Crippen molar-refractivity contribution in [1.82, 2.24) is 4.98 Å². The maximum atomic E-state index is 6.21. The molecule has 1 aliphatic carbocycles. The Labute approximate surface area is 174 Å². The molecule has 1 aliphatic rings. The molecule has 2 atom stereocenters. The maximum Gasteiger partial charge on any atom is 0.166 e. The van der Waals surface area contributed by atoms with Gasteiger partial charge in [-0.1, -0.05) is 53.5 Å². The van der Waals surface area contributed by atoms with Gasteiger partial charge in [-0.05, 0) is 54.1 Å². The molecule has 1 heterocycles. The van der Waals surface area contributed by atoms with E-state index in [1.807, 2.05) is 6.07 Å². The van der Waals surface area contributed by atoms with E-state index in [0.717, 1.165) is 23.2 Å². The fraction of sp³-hybridized carbons (Fsp3) is 0.227. The van der Waals surface area contributed by atoms with Gasteiger partial charge < -0.3 is 16.2 Å². The van der Waals surface area contributed by atoms with E-state index in [0.29, 0.717) is 33.4 Å². The van der Waals surface area contributed by atoms with Crippen LogP contribution in [-0.2, 0) is 6.61 Å². The number of hydrogen-bond acceptors (Lipinski definition) is 4. The monoisotopic (exact) mass is 413 g/mol. The Morgan fingerprint density at radius 1 is 1.04 bits per heavy atom. The topological polar surface area (TPSA) is 74.2 Å². The lowest BCUT2D eigenvalue weighted by Gasteiger charge is -2.12. The largest absolute Gasteiger partial charge is 0.485 e. The van der Waals surface area contributed by atoms with Crippen molar-refractivity contribution in [2.45, 2.75) is 18.9 Å². The zero-order valence-electron chi connectivity index (χ0n) is 15.2. The average Bonchev–Trinajstić information content (AvgIpc) is 3.49. The van der Waals surface area contributed by atoms with Gasteiger partial charge in [0, 0.05) is 27.4 Å². The molecule has 1 unspecified atom stereocenters. The average molecular weight is 414 g/mol. The molecule has 0 aliphatic heterocycles. The van der Waals surface area contributed by atoms with Crippen molar-refractivity contribution >= 4 is 29.0 Å². The zero-order chi connectivity index (χ0) is 19.7. The van der Waals surface area contributed by atoms with Gasteiger partial charge in [-0.25, -0.2) is 4.98 Å². The standard InChI is InChI=1S/C22H21Cl2N3O/c23-19-2-1-3-20(24)18(19)12-28-21-9-16(11-27-22(21)26)13-4-6-14(7-5-13)17-8-15(17)10-25/h1-7,9,11,15,17H,8,10,12,25H2,(H2,26,27)/t15-,17?/m1/s1. The van der Waals surface area contributed by atoms with E-state index >= 15 is 0 Å². The third-order valence-electron chi connectivity index (χ3n) is 5.21. The highest BCUT2D eigenvalue weighted by Gasteiger charge is 2.36. The van der Waals surface area contributed by atoms with E-state index in [2.05, 4.69) is 29.2 Å². The molecule has 0 amide bonds. The van der Waals surface area contributed by atoms with E-state index in [4.69, 9.17) is 39.4 Å². The fourth-order valence-corrected chi connectivity index (χ4v) is 3.89. The summed E-state index contributed by atoms with van der Waals surface area (Å²) in [6.45, 7) is 0.972. The first kappa shape index (κ1) is 19.1. The Kier molecular flexibility index (Phi) is 5.44. The van der Waals surface area contributed by atoms with Gasteiger partial charge in [0.05, 0.1) is 0 Å². The number of pyridine rings is 1. The van der Waals surface area contributed by atoms with Gasteiger partial charge in [-0.3, -0.25) is 0 Å². The Morgan fingerprint density at radius 2 is 1.75 bits per heavy atom. The Morgan fingerprint density at radius 3 is 2.39 bits per heavy atom. The molecule has 3 aromatic rings. The van der Waals surface area contributed by atoms with Crippen LogP contribution in [0.25, 0.3) is 11.1 Å². The molecule has 6 heteroatoms. The second-order valence-corrected chi connectivity index (χ2v) is 7.87. The van der Waals surface area contributed by atoms with Crippen LogP contribution in [0.1, 0.15) is 23.5 Å². The molecule has 28 heavy (non-hydrogen) atoms. The van der Waals surface area contributed by atoms with E-state index < -0.39 is 0 Å². The number of benzene rings is 2. The molecule has 1 fully saturated rings. The summed E-state index contributed by atoms with van der Waals surface area (Å²) in [6, 6.07) is 15.8. The molecule has 2 aromatic carbocycles. The fourth-order valence-electron chi connectivity index (χ4n) is 3.39. The molecule has 0 radical (unpaired) electrons. The number of halogens is 2. The summed E-state index contributed by atoms with van der Waals surface area (Å²) in [6.07, 6.45) is 2.93. The Hall–Kier alpha value is -2.27. The van der Waals surface area contributed by atoms with Crippen LogP contribution < -0.4 is 16.2 Å². The van der Waals surface area contributed by atoms with Gasteiger partial charge in [0.2, 0.25) is 0 Å². The highest BCUT2D eigenvalue weighted by atomic mass is 35.5. The molecule has 0 bridgehead atoms. The maximum absolute atomic E-state index is 6.21. The molecule has 4 nitrogen and oxygen atoms in total. The van der Waals surface area contributed by atoms with Gasteiger partial charge in [0.1, 0.15) is 6.61 Å². The number of nitrogen functional groups attached to an aromatic ring is 1. The molecule has 1 aromatic heterocycles. The minimum atomic E-state index is 0.217. The summed E-state index contributed by atoms with van der Waals surface area (Å²) in [4.78, 5) is 4.28. The number of nitrogens with two attached hydrogens (primary N) is 2. The molecule has 1 saturated carbocycles. The van der Waals surface area contributed by atoms with Crippen molar-refractivity contribution in [1.29, 1.82) is 0 Å². The molecule has 0 saturated heterocycles. The Bertz CT molecular complexity index is 971. The third-order valence-corrected chi connectivity index (χ3v) is 5.92. The van der Waals surface area contributed by atoms with Gasteiger partial charge in [-0.15, -0.1) is 0 Å². The van der Waals surface area contributed by atoms with Crippen molar-refractivity contribution in [2.75, 3.05) is 12.3 Å². The summed E-state index contributed by atoms with van der Waals surface area (Å²) in [5.74, 6) is 2.05. The highest BCUT2D eigenvalue weighted by Crippen LogP contribution is 2.46. The van der Waals surface area contributed by atoms with E-state index in [1.54, 1.807) is 24.4 Å².